The predicted octanol–water partition coefficient (Wildman–Crippen LogP) is 0.459. The Bertz CT molecular complexity index is 222. The fraction of sp³-hybridized carbons (Fsp3) is 0.667. The Kier molecular flexibility index (Phi) is 4.83. The molecule has 0 aliphatic heterocycles. The standard InChI is InChI=1S/C9H14O5/c1-5(13-7(3)10)9(12)6(2)14-8(4)11/h5-6H,1-4H3. The first-order valence-corrected chi connectivity index (χ1v) is 4.22. The van der Waals surface area contributed by atoms with Gasteiger partial charge >= 0.3 is 11.9 Å². The van der Waals surface area contributed by atoms with E-state index in [1.54, 1.807) is 0 Å². The van der Waals surface area contributed by atoms with Gasteiger partial charge in [0.15, 0.2) is 12.2 Å². The summed E-state index contributed by atoms with van der Waals surface area (Å²) in [4.78, 5) is 32.4. The summed E-state index contributed by atoms with van der Waals surface area (Å²) in [6.45, 7) is 5.29. The lowest BCUT2D eigenvalue weighted by Gasteiger charge is -2.15. The quantitative estimate of drug-likeness (QED) is 0.619. The topological polar surface area (TPSA) is 69.7 Å². The van der Waals surface area contributed by atoms with Crippen LogP contribution in [0.25, 0.3) is 0 Å². The Labute approximate surface area is 82.4 Å². The van der Waals surface area contributed by atoms with Crippen molar-refractivity contribution >= 4 is 17.7 Å². The molecule has 0 spiro atoms. The number of hydrogen-bond donors (Lipinski definition) is 0. The van der Waals surface area contributed by atoms with E-state index in [4.69, 9.17) is 0 Å². The Balaban J connectivity index is 4.16. The van der Waals surface area contributed by atoms with E-state index in [-0.39, 0.29) is 0 Å². The molecule has 0 radical (unpaired) electrons. The van der Waals surface area contributed by atoms with Crippen molar-refractivity contribution in [1.82, 2.24) is 0 Å². The fourth-order valence-electron chi connectivity index (χ4n) is 0.945. The number of esters is 2. The zero-order valence-corrected chi connectivity index (χ0v) is 8.70. The smallest absolute Gasteiger partial charge is 0.303 e. The minimum absolute atomic E-state index is 0.435. The summed E-state index contributed by atoms with van der Waals surface area (Å²) in [5.41, 5.74) is 0. The summed E-state index contributed by atoms with van der Waals surface area (Å²) in [7, 11) is 0. The molecule has 0 saturated heterocycles. The summed E-state index contributed by atoms with van der Waals surface area (Å²) >= 11 is 0. The van der Waals surface area contributed by atoms with Gasteiger partial charge in [0.2, 0.25) is 5.78 Å². The fourth-order valence-corrected chi connectivity index (χ4v) is 0.945. The van der Waals surface area contributed by atoms with Gasteiger partial charge in [0.05, 0.1) is 0 Å². The summed E-state index contributed by atoms with van der Waals surface area (Å²) in [5, 5.41) is 0. The van der Waals surface area contributed by atoms with Crippen LogP contribution in [0.1, 0.15) is 27.7 Å². The van der Waals surface area contributed by atoms with Gasteiger partial charge in [0, 0.05) is 13.8 Å². The SMILES string of the molecule is CC(=O)OC(C)C(=O)C(C)OC(C)=O. The summed E-state index contributed by atoms with van der Waals surface area (Å²) in [6.07, 6.45) is -1.77. The number of carbonyl (C=O) groups excluding carboxylic acids is 3. The number of Topliss-reactive ketones (excluding diaryl/α,β-unsaturated/α-hetero) is 1. The van der Waals surface area contributed by atoms with E-state index in [9.17, 15) is 14.4 Å². The normalized spacial score (nSPS) is 14.0. The van der Waals surface area contributed by atoms with Crippen LogP contribution in [-0.4, -0.2) is 29.9 Å². The Morgan fingerprint density at radius 3 is 1.36 bits per heavy atom. The van der Waals surface area contributed by atoms with Crippen molar-refractivity contribution in [3.05, 3.63) is 0 Å². The molecule has 0 N–H and O–H groups in total. The number of rotatable bonds is 4. The van der Waals surface area contributed by atoms with E-state index < -0.39 is 29.9 Å². The molecule has 2 unspecified atom stereocenters. The first-order valence-electron chi connectivity index (χ1n) is 4.22. The molecule has 2 atom stereocenters. The van der Waals surface area contributed by atoms with Crippen LogP contribution in [0.2, 0.25) is 0 Å². The second-order valence-electron chi connectivity index (χ2n) is 2.91. The molecule has 0 heterocycles. The van der Waals surface area contributed by atoms with Crippen LogP contribution >= 0.6 is 0 Å². The predicted molar refractivity (Wildman–Crippen MR) is 47.5 cm³/mol. The van der Waals surface area contributed by atoms with E-state index in [0.29, 0.717) is 0 Å². The lowest BCUT2D eigenvalue weighted by Crippen LogP contribution is -2.34. The van der Waals surface area contributed by atoms with E-state index >= 15 is 0 Å². The minimum atomic E-state index is -0.887. The van der Waals surface area contributed by atoms with Crippen LogP contribution < -0.4 is 0 Å². The van der Waals surface area contributed by atoms with Crippen LogP contribution in [0.4, 0.5) is 0 Å². The highest BCUT2D eigenvalue weighted by atomic mass is 16.6. The first-order chi connectivity index (χ1) is 6.34. The molecule has 5 nitrogen and oxygen atoms in total. The highest BCUT2D eigenvalue weighted by molar-refractivity contribution is 5.89. The Morgan fingerprint density at radius 1 is 0.857 bits per heavy atom. The molecule has 14 heavy (non-hydrogen) atoms. The third-order valence-electron chi connectivity index (χ3n) is 1.49. The molecular weight excluding hydrogens is 188 g/mol. The van der Waals surface area contributed by atoms with Gasteiger partial charge in [0.25, 0.3) is 0 Å². The van der Waals surface area contributed by atoms with Crippen molar-refractivity contribution in [2.45, 2.75) is 39.9 Å². The maximum absolute atomic E-state index is 11.4. The molecule has 0 amide bonds. The van der Waals surface area contributed by atoms with Gasteiger partial charge in [-0.15, -0.1) is 0 Å². The summed E-state index contributed by atoms with van der Waals surface area (Å²) in [6, 6.07) is 0. The van der Waals surface area contributed by atoms with E-state index in [2.05, 4.69) is 9.47 Å². The Hall–Kier alpha value is -1.39. The molecule has 0 aliphatic carbocycles. The van der Waals surface area contributed by atoms with Crippen LogP contribution in [0.3, 0.4) is 0 Å². The van der Waals surface area contributed by atoms with Crippen molar-refractivity contribution in [2.24, 2.45) is 0 Å². The van der Waals surface area contributed by atoms with Crippen LogP contribution in [0, 0.1) is 0 Å². The molecule has 0 bridgehead atoms. The number of ether oxygens (including phenoxy) is 2. The second kappa shape index (κ2) is 5.36. The molecule has 0 aliphatic rings. The average Bonchev–Trinajstić information content (AvgIpc) is 2.00. The second-order valence-corrected chi connectivity index (χ2v) is 2.91. The molecule has 0 aromatic rings. The van der Waals surface area contributed by atoms with Gasteiger partial charge in [-0.2, -0.15) is 0 Å². The highest BCUT2D eigenvalue weighted by Crippen LogP contribution is 2.02. The van der Waals surface area contributed by atoms with Crippen LogP contribution in [0.5, 0.6) is 0 Å². The molecule has 0 rings (SSSR count). The lowest BCUT2D eigenvalue weighted by molar-refractivity contribution is -0.160. The van der Waals surface area contributed by atoms with E-state index in [0.717, 1.165) is 0 Å². The zero-order valence-electron chi connectivity index (χ0n) is 8.70. The first kappa shape index (κ1) is 12.6. The zero-order chi connectivity index (χ0) is 11.3. The molecule has 5 heteroatoms. The van der Waals surface area contributed by atoms with E-state index in [1.165, 1.54) is 27.7 Å². The lowest BCUT2D eigenvalue weighted by atomic mass is 10.2. The minimum Gasteiger partial charge on any atom is -0.455 e. The summed E-state index contributed by atoms with van der Waals surface area (Å²) in [5.74, 6) is -1.52. The number of hydrogen-bond acceptors (Lipinski definition) is 5. The van der Waals surface area contributed by atoms with Crippen molar-refractivity contribution in [3.8, 4) is 0 Å². The van der Waals surface area contributed by atoms with Gasteiger partial charge in [0.1, 0.15) is 0 Å². The van der Waals surface area contributed by atoms with Gasteiger partial charge in [-0.25, -0.2) is 0 Å². The molecule has 0 fully saturated rings. The van der Waals surface area contributed by atoms with Crippen LogP contribution in [0.15, 0.2) is 0 Å². The molecule has 0 aromatic heterocycles. The average molecular weight is 202 g/mol. The molecule has 80 valence electrons. The van der Waals surface area contributed by atoms with E-state index in [1.807, 2.05) is 0 Å². The van der Waals surface area contributed by atoms with Gasteiger partial charge in [-0.3, -0.25) is 14.4 Å². The number of carbonyl (C=O) groups is 3. The van der Waals surface area contributed by atoms with Crippen molar-refractivity contribution in [2.75, 3.05) is 0 Å². The van der Waals surface area contributed by atoms with Crippen LogP contribution in [-0.2, 0) is 23.9 Å². The third kappa shape index (κ3) is 4.59. The summed E-state index contributed by atoms with van der Waals surface area (Å²) < 4.78 is 9.27. The maximum atomic E-state index is 11.4. The Morgan fingerprint density at radius 2 is 1.14 bits per heavy atom. The van der Waals surface area contributed by atoms with Crippen molar-refractivity contribution < 1.29 is 23.9 Å². The van der Waals surface area contributed by atoms with Crippen molar-refractivity contribution in [3.63, 3.8) is 0 Å². The van der Waals surface area contributed by atoms with Crippen molar-refractivity contribution in [1.29, 1.82) is 0 Å². The monoisotopic (exact) mass is 202 g/mol. The van der Waals surface area contributed by atoms with Gasteiger partial charge in [-0.05, 0) is 13.8 Å². The van der Waals surface area contributed by atoms with Gasteiger partial charge in [-0.1, -0.05) is 0 Å². The molecule has 0 saturated carbocycles. The largest absolute Gasteiger partial charge is 0.455 e. The molecular formula is C9H14O5. The maximum Gasteiger partial charge on any atom is 0.303 e. The molecule has 0 aromatic carbocycles. The highest BCUT2D eigenvalue weighted by Gasteiger charge is 2.24. The third-order valence-corrected chi connectivity index (χ3v) is 1.49. The number of ketones is 1. The van der Waals surface area contributed by atoms with Gasteiger partial charge < -0.3 is 9.47 Å².